The first-order chi connectivity index (χ1) is 9.97. The van der Waals surface area contributed by atoms with Gasteiger partial charge in [0.15, 0.2) is 19.0 Å². The van der Waals surface area contributed by atoms with Crippen LogP contribution in [-0.4, -0.2) is 26.9 Å². The molecule has 0 fully saturated rings. The number of aromatic nitrogens is 4. The van der Waals surface area contributed by atoms with Crippen molar-refractivity contribution in [2.24, 2.45) is 7.05 Å². The summed E-state index contributed by atoms with van der Waals surface area (Å²) in [5, 5.41) is 0. The van der Waals surface area contributed by atoms with Crippen molar-refractivity contribution in [3.63, 3.8) is 0 Å². The molecule has 0 aliphatic heterocycles. The van der Waals surface area contributed by atoms with Crippen molar-refractivity contribution in [2.75, 3.05) is 0 Å². The number of nitrogens with zero attached hydrogens (tertiary/aromatic N) is 3. The Balaban J connectivity index is 2.21. The van der Waals surface area contributed by atoms with Gasteiger partial charge in [-0.2, -0.15) is 0 Å². The lowest BCUT2D eigenvalue weighted by atomic mass is 10.1. The Kier molecular flexibility index (Phi) is 3.05. The molecular weight excluding hydrogens is 267 g/mol. The van der Waals surface area contributed by atoms with Gasteiger partial charge in [-0.1, -0.05) is 29.8 Å². The molecule has 1 N–H and O–H groups in total. The SMILES string of the molecule is [B]c1nc2c(c(=O)[nH]c(=O)n2C)n1Cc1ccc(C)cc1. The van der Waals surface area contributed by atoms with Crippen LogP contribution in [0.1, 0.15) is 11.1 Å². The highest BCUT2D eigenvalue weighted by Gasteiger charge is 2.14. The van der Waals surface area contributed by atoms with E-state index in [0.717, 1.165) is 11.1 Å². The maximum Gasteiger partial charge on any atom is 0.329 e. The number of aryl methyl sites for hydroxylation is 2. The van der Waals surface area contributed by atoms with Crippen LogP contribution in [0.5, 0.6) is 0 Å². The normalized spacial score (nSPS) is 11.1. The first-order valence-corrected chi connectivity index (χ1v) is 6.48. The van der Waals surface area contributed by atoms with E-state index in [1.165, 1.54) is 4.57 Å². The van der Waals surface area contributed by atoms with Gasteiger partial charge in [0.25, 0.3) is 5.56 Å². The minimum absolute atomic E-state index is 0.206. The van der Waals surface area contributed by atoms with E-state index < -0.39 is 11.2 Å². The van der Waals surface area contributed by atoms with Crippen molar-refractivity contribution in [3.8, 4) is 0 Å². The zero-order chi connectivity index (χ0) is 15.1. The standard InChI is InChI=1S/C14H13BN4O2/c1-8-3-5-9(6-4-8)7-19-10-11(16-13(19)15)18(2)14(21)17-12(10)20/h3-6H,7H2,1-2H3,(H,17,20,21). The van der Waals surface area contributed by atoms with Gasteiger partial charge in [-0.25, -0.2) is 9.78 Å². The topological polar surface area (TPSA) is 72.7 Å². The van der Waals surface area contributed by atoms with Crippen LogP contribution < -0.4 is 17.0 Å². The van der Waals surface area contributed by atoms with Crippen molar-refractivity contribution in [3.05, 3.63) is 56.2 Å². The van der Waals surface area contributed by atoms with E-state index in [2.05, 4.69) is 9.97 Å². The number of fused-ring (bicyclic) bond motifs is 1. The second-order valence-corrected chi connectivity index (χ2v) is 5.03. The van der Waals surface area contributed by atoms with Gasteiger partial charge < -0.3 is 4.57 Å². The molecule has 3 aromatic rings. The molecule has 104 valence electrons. The third kappa shape index (κ3) is 2.20. The van der Waals surface area contributed by atoms with Gasteiger partial charge in [-0.05, 0) is 12.5 Å². The molecule has 1 aromatic carbocycles. The lowest BCUT2D eigenvalue weighted by molar-refractivity contribution is 0.815. The summed E-state index contributed by atoms with van der Waals surface area (Å²) in [6.07, 6.45) is 0. The molecule has 2 aromatic heterocycles. The molecule has 0 aliphatic carbocycles. The fourth-order valence-electron chi connectivity index (χ4n) is 2.29. The molecule has 0 saturated carbocycles. The van der Waals surface area contributed by atoms with E-state index in [-0.39, 0.29) is 11.4 Å². The molecular formula is C14H13BN4O2. The van der Waals surface area contributed by atoms with Gasteiger partial charge in [0, 0.05) is 13.6 Å². The molecule has 0 amide bonds. The summed E-state index contributed by atoms with van der Waals surface area (Å²) < 4.78 is 2.89. The molecule has 0 aliphatic rings. The highest BCUT2D eigenvalue weighted by atomic mass is 16.2. The predicted octanol–water partition coefficient (Wildman–Crippen LogP) is -0.426. The summed E-state index contributed by atoms with van der Waals surface area (Å²) in [5.74, 6) is 0. The van der Waals surface area contributed by atoms with Gasteiger partial charge in [0.2, 0.25) is 0 Å². The Labute approximate surface area is 121 Å². The van der Waals surface area contributed by atoms with Crippen molar-refractivity contribution in [2.45, 2.75) is 13.5 Å². The number of nitrogens with one attached hydrogen (secondary N) is 1. The maximum atomic E-state index is 12.0. The number of H-pyrrole nitrogens is 1. The van der Waals surface area contributed by atoms with Crippen molar-refractivity contribution in [1.29, 1.82) is 0 Å². The Morgan fingerprint density at radius 1 is 1.24 bits per heavy atom. The smallest absolute Gasteiger partial charge is 0.327 e. The van der Waals surface area contributed by atoms with E-state index in [9.17, 15) is 9.59 Å². The van der Waals surface area contributed by atoms with Crippen molar-refractivity contribution in [1.82, 2.24) is 19.1 Å². The quantitative estimate of drug-likeness (QED) is 0.648. The highest BCUT2D eigenvalue weighted by molar-refractivity contribution is 6.30. The molecule has 6 nitrogen and oxygen atoms in total. The first-order valence-electron chi connectivity index (χ1n) is 6.48. The molecule has 21 heavy (non-hydrogen) atoms. The molecule has 0 atom stereocenters. The predicted molar refractivity (Wildman–Crippen MR) is 81.3 cm³/mol. The highest BCUT2D eigenvalue weighted by Crippen LogP contribution is 2.09. The molecule has 0 unspecified atom stereocenters. The van der Waals surface area contributed by atoms with Crippen molar-refractivity contribution < 1.29 is 0 Å². The number of benzene rings is 1. The monoisotopic (exact) mass is 280 g/mol. The summed E-state index contributed by atoms with van der Waals surface area (Å²) in [5.41, 5.74) is 1.96. The Hall–Kier alpha value is -2.57. The first kappa shape index (κ1) is 13.4. The number of hydrogen-bond donors (Lipinski definition) is 1. The average Bonchev–Trinajstić information content (AvgIpc) is 2.77. The van der Waals surface area contributed by atoms with Crippen molar-refractivity contribution >= 4 is 24.7 Å². The van der Waals surface area contributed by atoms with Gasteiger partial charge in [-0.15, -0.1) is 0 Å². The zero-order valence-electron chi connectivity index (χ0n) is 11.8. The van der Waals surface area contributed by atoms with Crippen LogP contribution in [0.15, 0.2) is 33.9 Å². The Morgan fingerprint density at radius 3 is 2.57 bits per heavy atom. The van der Waals surface area contributed by atoms with Crippen LogP contribution in [-0.2, 0) is 13.6 Å². The van der Waals surface area contributed by atoms with Crippen LogP contribution in [0.4, 0.5) is 0 Å². The lowest BCUT2D eigenvalue weighted by Gasteiger charge is -2.07. The van der Waals surface area contributed by atoms with E-state index in [0.29, 0.717) is 12.1 Å². The molecule has 0 bridgehead atoms. The summed E-state index contributed by atoms with van der Waals surface area (Å²) in [6, 6.07) is 7.92. The maximum absolute atomic E-state index is 12.0. The number of hydrogen-bond acceptors (Lipinski definition) is 3. The number of imidazole rings is 1. The van der Waals surface area contributed by atoms with E-state index in [1.54, 1.807) is 11.6 Å². The zero-order valence-corrected chi connectivity index (χ0v) is 11.8. The minimum atomic E-state index is -0.507. The van der Waals surface area contributed by atoms with Crippen LogP contribution >= 0.6 is 0 Å². The summed E-state index contributed by atoms with van der Waals surface area (Å²) in [6.45, 7) is 2.43. The second-order valence-electron chi connectivity index (χ2n) is 5.03. The minimum Gasteiger partial charge on any atom is -0.327 e. The fraction of sp³-hybridized carbons (Fsp3) is 0.214. The van der Waals surface area contributed by atoms with E-state index in [1.807, 2.05) is 31.2 Å². The van der Waals surface area contributed by atoms with Crippen LogP contribution in [0, 0.1) is 6.92 Å². The molecule has 2 heterocycles. The van der Waals surface area contributed by atoms with Gasteiger partial charge in [0.05, 0.1) is 5.72 Å². The van der Waals surface area contributed by atoms with Gasteiger partial charge in [0.1, 0.15) is 0 Å². The molecule has 3 rings (SSSR count). The summed E-state index contributed by atoms with van der Waals surface area (Å²) in [7, 11) is 7.45. The number of rotatable bonds is 2. The van der Waals surface area contributed by atoms with Crippen LogP contribution in [0.2, 0.25) is 0 Å². The third-order valence-corrected chi connectivity index (χ3v) is 3.50. The summed E-state index contributed by atoms with van der Waals surface area (Å²) >= 11 is 0. The lowest BCUT2D eigenvalue weighted by Crippen LogP contribution is -2.29. The Morgan fingerprint density at radius 2 is 1.90 bits per heavy atom. The Bertz CT molecular complexity index is 934. The van der Waals surface area contributed by atoms with Crippen LogP contribution in [0.3, 0.4) is 0 Å². The molecule has 2 radical (unpaired) electrons. The fourth-order valence-corrected chi connectivity index (χ4v) is 2.29. The third-order valence-electron chi connectivity index (χ3n) is 3.50. The largest absolute Gasteiger partial charge is 0.329 e. The molecule has 0 saturated heterocycles. The summed E-state index contributed by atoms with van der Waals surface area (Å²) in [4.78, 5) is 30.0. The van der Waals surface area contributed by atoms with Crippen LogP contribution in [0.25, 0.3) is 11.2 Å². The van der Waals surface area contributed by atoms with Gasteiger partial charge >= 0.3 is 5.69 Å². The van der Waals surface area contributed by atoms with E-state index >= 15 is 0 Å². The molecule has 0 spiro atoms. The van der Waals surface area contributed by atoms with E-state index in [4.69, 9.17) is 7.85 Å². The van der Waals surface area contributed by atoms with Gasteiger partial charge in [-0.3, -0.25) is 14.3 Å². The molecule has 7 heteroatoms. The average molecular weight is 280 g/mol. The number of aromatic amines is 1. The second kappa shape index (κ2) is 4.77.